The van der Waals surface area contributed by atoms with E-state index in [-0.39, 0.29) is 5.69 Å². The molecule has 1 atom stereocenters. The molecule has 8 heteroatoms. The minimum Gasteiger partial charge on any atom is -0.383 e. The van der Waals surface area contributed by atoms with Crippen LogP contribution in [0.1, 0.15) is 39.7 Å². The van der Waals surface area contributed by atoms with Crippen molar-refractivity contribution < 1.29 is 9.18 Å². The van der Waals surface area contributed by atoms with Crippen molar-refractivity contribution in [1.82, 2.24) is 9.97 Å². The van der Waals surface area contributed by atoms with E-state index in [0.717, 1.165) is 11.1 Å². The zero-order chi connectivity index (χ0) is 21.3. The van der Waals surface area contributed by atoms with Crippen LogP contribution in [-0.2, 0) is 12.0 Å². The normalized spacial score (nSPS) is 17.4. The molecule has 0 aliphatic carbocycles. The monoisotopic (exact) mass is 400 g/mol. The zero-order valence-corrected chi connectivity index (χ0v) is 16.1. The Balaban J connectivity index is 1.65. The summed E-state index contributed by atoms with van der Waals surface area (Å²) in [6, 6.07) is 11.0. The molecule has 4 rings (SSSR count). The molecule has 7 nitrogen and oxygen atoms in total. The van der Waals surface area contributed by atoms with Crippen LogP contribution in [0.5, 0.6) is 0 Å². The van der Waals surface area contributed by atoms with Gasteiger partial charge in [0.05, 0.1) is 11.1 Å². The molecule has 1 amide bonds. The number of aromatic nitrogens is 2. The third-order valence-corrected chi connectivity index (χ3v) is 5.01. The summed E-state index contributed by atoms with van der Waals surface area (Å²) in [4.78, 5) is 25.1. The van der Waals surface area contributed by atoms with Crippen LogP contribution in [0.15, 0.2) is 60.0 Å². The Labute approximate surface area is 172 Å². The maximum Gasteiger partial charge on any atom is 0.274 e. The van der Waals surface area contributed by atoms with Gasteiger partial charge in [-0.3, -0.25) is 14.8 Å². The van der Waals surface area contributed by atoms with E-state index < -0.39 is 17.3 Å². The van der Waals surface area contributed by atoms with Crippen LogP contribution in [0.4, 0.5) is 10.1 Å². The highest BCUT2D eigenvalue weighted by molar-refractivity contribution is 6.03. The number of benzene rings is 1. The fourth-order valence-electron chi connectivity index (χ4n) is 3.52. The van der Waals surface area contributed by atoms with Crippen LogP contribution < -0.4 is 11.1 Å². The highest BCUT2D eigenvalue weighted by atomic mass is 19.1. The van der Waals surface area contributed by atoms with E-state index in [1.807, 2.05) is 6.07 Å². The van der Waals surface area contributed by atoms with Crippen molar-refractivity contribution in [2.24, 2.45) is 10.7 Å². The lowest BCUT2D eigenvalue weighted by atomic mass is 9.82. The minimum absolute atomic E-state index is 0.144. The average molecular weight is 400 g/mol. The van der Waals surface area contributed by atoms with E-state index in [1.54, 1.807) is 31.5 Å². The zero-order valence-electron chi connectivity index (χ0n) is 16.1. The summed E-state index contributed by atoms with van der Waals surface area (Å²) in [5.41, 5.74) is 8.05. The Morgan fingerprint density at radius 1 is 1.27 bits per heavy atom. The number of fused-ring (bicyclic) bond motifs is 1. The van der Waals surface area contributed by atoms with Gasteiger partial charge in [-0.05, 0) is 48.9 Å². The lowest BCUT2D eigenvalue weighted by molar-refractivity contribution is 0.102. The predicted octanol–water partition coefficient (Wildman–Crippen LogP) is 2.92. The minimum atomic E-state index is -0.947. The first kappa shape index (κ1) is 19.2. The number of rotatable bonds is 3. The SMILES string of the molecule is CC1(c2cc(NC(=O)c3ccc(C#N)cn3)ccc2F)Cc2cnccc2C(N)=N1. The molecule has 0 fully saturated rings. The summed E-state index contributed by atoms with van der Waals surface area (Å²) in [6.45, 7) is 1.79. The van der Waals surface area contributed by atoms with Gasteiger partial charge in [0.2, 0.25) is 0 Å². The van der Waals surface area contributed by atoms with Crippen LogP contribution in [0.3, 0.4) is 0 Å². The van der Waals surface area contributed by atoms with Crippen molar-refractivity contribution in [3.05, 3.63) is 88.8 Å². The van der Waals surface area contributed by atoms with Crippen molar-refractivity contribution in [3.8, 4) is 6.07 Å². The molecule has 0 saturated carbocycles. The van der Waals surface area contributed by atoms with Gasteiger partial charge in [0.1, 0.15) is 23.4 Å². The fourth-order valence-corrected chi connectivity index (χ4v) is 3.52. The molecule has 0 radical (unpaired) electrons. The van der Waals surface area contributed by atoms with Gasteiger partial charge in [0.15, 0.2) is 0 Å². The first-order valence-corrected chi connectivity index (χ1v) is 9.16. The molecule has 1 aromatic carbocycles. The van der Waals surface area contributed by atoms with Crippen molar-refractivity contribution in [3.63, 3.8) is 0 Å². The average Bonchev–Trinajstić information content (AvgIpc) is 2.75. The highest BCUT2D eigenvalue weighted by Crippen LogP contribution is 2.37. The molecular weight excluding hydrogens is 383 g/mol. The largest absolute Gasteiger partial charge is 0.383 e. The van der Waals surface area contributed by atoms with Gasteiger partial charge in [0, 0.05) is 41.8 Å². The molecule has 3 N–H and O–H groups in total. The van der Waals surface area contributed by atoms with Gasteiger partial charge < -0.3 is 11.1 Å². The summed E-state index contributed by atoms with van der Waals surface area (Å²) in [5.74, 6) is -0.601. The smallest absolute Gasteiger partial charge is 0.274 e. The molecule has 3 aromatic rings. The summed E-state index contributed by atoms with van der Waals surface area (Å²) in [7, 11) is 0. The van der Waals surface area contributed by atoms with E-state index >= 15 is 0 Å². The molecule has 1 aliphatic heterocycles. The summed E-state index contributed by atoms with van der Waals surface area (Å²) in [6.07, 6.45) is 5.08. The summed E-state index contributed by atoms with van der Waals surface area (Å²) >= 11 is 0. The Kier molecular flexibility index (Phi) is 4.72. The van der Waals surface area contributed by atoms with Crippen LogP contribution in [0.25, 0.3) is 0 Å². The lowest BCUT2D eigenvalue weighted by Crippen LogP contribution is -2.34. The van der Waals surface area contributed by atoms with E-state index in [9.17, 15) is 9.18 Å². The third-order valence-electron chi connectivity index (χ3n) is 5.01. The van der Waals surface area contributed by atoms with Crippen molar-refractivity contribution in [2.45, 2.75) is 18.9 Å². The van der Waals surface area contributed by atoms with Gasteiger partial charge in [-0.2, -0.15) is 5.26 Å². The maximum absolute atomic E-state index is 14.8. The first-order chi connectivity index (χ1) is 14.4. The van der Waals surface area contributed by atoms with E-state index in [1.165, 1.54) is 30.5 Å². The number of amides is 1. The highest BCUT2D eigenvalue weighted by Gasteiger charge is 2.34. The van der Waals surface area contributed by atoms with E-state index in [2.05, 4.69) is 20.3 Å². The number of aliphatic imine (C=N–C) groups is 1. The number of anilines is 1. The Hall–Kier alpha value is -4.12. The van der Waals surface area contributed by atoms with Crippen molar-refractivity contribution >= 4 is 17.4 Å². The second kappa shape index (κ2) is 7.37. The van der Waals surface area contributed by atoms with Crippen molar-refractivity contribution in [1.29, 1.82) is 5.26 Å². The number of nitrogens with one attached hydrogen (secondary N) is 1. The van der Waals surface area contributed by atoms with E-state index in [0.29, 0.717) is 29.1 Å². The van der Waals surface area contributed by atoms with E-state index in [4.69, 9.17) is 11.0 Å². The van der Waals surface area contributed by atoms with Gasteiger partial charge in [-0.15, -0.1) is 0 Å². The number of nitrogens with zero attached hydrogens (tertiary/aromatic N) is 4. The quantitative estimate of drug-likeness (QED) is 0.701. The summed E-state index contributed by atoms with van der Waals surface area (Å²) in [5, 5.41) is 11.5. The number of amidine groups is 1. The van der Waals surface area contributed by atoms with Crippen LogP contribution in [-0.4, -0.2) is 21.7 Å². The number of carbonyl (C=O) groups excluding carboxylic acids is 1. The molecule has 0 saturated heterocycles. The van der Waals surface area contributed by atoms with Gasteiger partial charge in [-0.25, -0.2) is 9.37 Å². The standard InChI is InChI=1S/C22H17FN6O/c1-22(9-14-12-26-7-6-16(14)20(25)29-22)17-8-15(3-4-18(17)23)28-21(30)19-5-2-13(10-24)11-27-19/h2-8,11-12H,9H2,1H3,(H2,25,29)(H,28,30). The lowest BCUT2D eigenvalue weighted by Gasteiger charge is -2.32. The number of carbonyl (C=O) groups is 1. The van der Waals surface area contributed by atoms with Crippen molar-refractivity contribution in [2.75, 3.05) is 5.32 Å². The molecule has 3 heterocycles. The molecule has 1 unspecified atom stereocenters. The first-order valence-electron chi connectivity index (χ1n) is 9.16. The van der Waals surface area contributed by atoms with Crippen LogP contribution >= 0.6 is 0 Å². The number of pyridine rings is 2. The maximum atomic E-state index is 14.8. The molecule has 30 heavy (non-hydrogen) atoms. The number of hydrogen-bond donors (Lipinski definition) is 2. The van der Waals surface area contributed by atoms with Gasteiger partial charge in [-0.1, -0.05) is 0 Å². The Morgan fingerprint density at radius 3 is 2.83 bits per heavy atom. The fraction of sp³-hybridized carbons (Fsp3) is 0.136. The van der Waals surface area contributed by atoms with Gasteiger partial charge in [0.25, 0.3) is 5.91 Å². The predicted molar refractivity (Wildman–Crippen MR) is 109 cm³/mol. The molecule has 0 bridgehead atoms. The molecule has 148 valence electrons. The molecular formula is C22H17FN6O. The second-order valence-corrected chi connectivity index (χ2v) is 7.17. The third kappa shape index (κ3) is 3.49. The summed E-state index contributed by atoms with van der Waals surface area (Å²) < 4.78 is 14.8. The number of nitrogens with two attached hydrogens (primary N) is 1. The molecule has 0 spiro atoms. The number of hydrogen-bond acceptors (Lipinski definition) is 6. The Morgan fingerprint density at radius 2 is 2.10 bits per heavy atom. The molecule has 2 aromatic heterocycles. The molecule has 1 aliphatic rings. The van der Waals surface area contributed by atoms with Crippen LogP contribution in [0, 0.1) is 17.1 Å². The topological polar surface area (TPSA) is 117 Å². The van der Waals surface area contributed by atoms with Crippen LogP contribution in [0.2, 0.25) is 0 Å². The number of nitriles is 1. The Bertz CT molecular complexity index is 1220. The second-order valence-electron chi connectivity index (χ2n) is 7.17. The number of halogens is 1. The van der Waals surface area contributed by atoms with Gasteiger partial charge >= 0.3 is 0 Å².